The highest BCUT2D eigenvalue weighted by Gasteiger charge is 2.47. The van der Waals surface area contributed by atoms with Crippen molar-refractivity contribution in [1.82, 2.24) is 0 Å². The summed E-state index contributed by atoms with van der Waals surface area (Å²) in [6.07, 6.45) is 0.725. The third-order valence-corrected chi connectivity index (χ3v) is 4.03. The first-order valence-corrected chi connectivity index (χ1v) is 7.35. The van der Waals surface area contributed by atoms with Crippen molar-refractivity contribution >= 4 is 23.2 Å². The van der Waals surface area contributed by atoms with E-state index >= 15 is 0 Å². The smallest absolute Gasteiger partial charge is 0.233 e. The Balaban J connectivity index is 1.95. The van der Waals surface area contributed by atoms with Crippen LogP contribution in [0.2, 0.25) is 0 Å². The molecule has 0 aliphatic carbocycles. The highest BCUT2D eigenvalue weighted by molar-refractivity contribution is 6.18. The molecule has 20 heavy (non-hydrogen) atoms. The van der Waals surface area contributed by atoms with E-state index in [9.17, 15) is 4.79 Å². The summed E-state index contributed by atoms with van der Waals surface area (Å²) < 4.78 is 0. The van der Waals surface area contributed by atoms with E-state index in [4.69, 9.17) is 11.6 Å². The summed E-state index contributed by atoms with van der Waals surface area (Å²) in [7, 11) is 0. The number of nitrogens with zero attached hydrogens (tertiary/aromatic N) is 1. The number of rotatable bonds is 4. The van der Waals surface area contributed by atoms with Crippen LogP contribution in [0.15, 0.2) is 60.7 Å². The lowest BCUT2D eigenvalue weighted by Crippen LogP contribution is -2.55. The molecule has 0 aromatic heterocycles. The van der Waals surface area contributed by atoms with Gasteiger partial charge >= 0.3 is 0 Å². The first-order chi connectivity index (χ1) is 9.83. The zero-order chi connectivity index (χ0) is 13.9. The van der Waals surface area contributed by atoms with Gasteiger partial charge in [-0.1, -0.05) is 48.5 Å². The van der Waals surface area contributed by atoms with Crippen molar-refractivity contribution < 1.29 is 4.79 Å². The van der Waals surface area contributed by atoms with Crippen LogP contribution in [-0.2, 0) is 4.79 Å². The van der Waals surface area contributed by atoms with Gasteiger partial charge in [-0.05, 0) is 24.1 Å². The zero-order valence-corrected chi connectivity index (χ0v) is 11.8. The molecular formula is C17H16ClNO. The van der Waals surface area contributed by atoms with Crippen molar-refractivity contribution in [3.05, 3.63) is 66.2 Å². The molecule has 1 fully saturated rings. The molecule has 0 spiro atoms. The van der Waals surface area contributed by atoms with Gasteiger partial charge in [-0.15, -0.1) is 11.6 Å². The molecule has 102 valence electrons. The summed E-state index contributed by atoms with van der Waals surface area (Å²) >= 11 is 5.85. The SMILES string of the molecule is O=C1[C@H](CCCl)[C@@H](c2ccccc2)N1c1ccccc1. The second-order valence-electron chi connectivity index (χ2n) is 4.98. The van der Waals surface area contributed by atoms with Gasteiger partial charge in [0.1, 0.15) is 0 Å². The third kappa shape index (κ3) is 2.20. The fraction of sp³-hybridized carbons (Fsp3) is 0.235. The van der Waals surface area contributed by atoms with Gasteiger partial charge in [0.2, 0.25) is 5.91 Å². The number of alkyl halides is 1. The fourth-order valence-corrected chi connectivity index (χ4v) is 3.09. The number of hydrogen-bond acceptors (Lipinski definition) is 1. The quantitative estimate of drug-likeness (QED) is 0.614. The van der Waals surface area contributed by atoms with Gasteiger partial charge in [0.25, 0.3) is 0 Å². The Morgan fingerprint density at radius 2 is 1.55 bits per heavy atom. The molecule has 1 saturated heterocycles. The van der Waals surface area contributed by atoms with Crippen LogP contribution in [0.1, 0.15) is 18.0 Å². The number of carbonyl (C=O) groups excluding carboxylic acids is 1. The van der Waals surface area contributed by atoms with Crippen LogP contribution in [-0.4, -0.2) is 11.8 Å². The Labute approximate surface area is 124 Å². The molecule has 1 aliphatic rings. The number of benzene rings is 2. The van der Waals surface area contributed by atoms with Gasteiger partial charge in [-0.2, -0.15) is 0 Å². The van der Waals surface area contributed by atoms with E-state index in [1.54, 1.807) is 0 Å². The molecule has 0 N–H and O–H groups in total. The lowest BCUT2D eigenvalue weighted by Gasteiger charge is -2.47. The number of hydrogen-bond donors (Lipinski definition) is 0. The summed E-state index contributed by atoms with van der Waals surface area (Å²) in [4.78, 5) is 14.3. The van der Waals surface area contributed by atoms with Crippen molar-refractivity contribution in [2.45, 2.75) is 12.5 Å². The molecule has 1 aliphatic heterocycles. The lowest BCUT2D eigenvalue weighted by molar-refractivity contribution is -0.130. The molecule has 2 aromatic rings. The second-order valence-corrected chi connectivity index (χ2v) is 5.36. The largest absolute Gasteiger partial charge is 0.304 e. The Morgan fingerprint density at radius 1 is 0.950 bits per heavy atom. The predicted molar refractivity (Wildman–Crippen MR) is 81.9 cm³/mol. The zero-order valence-electron chi connectivity index (χ0n) is 11.1. The van der Waals surface area contributed by atoms with Gasteiger partial charge in [0, 0.05) is 11.6 Å². The molecule has 1 heterocycles. The van der Waals surface area contributed by atoms with Crippen LogP contribution in [0.4, 0.5) is 5.69 Å². The minimum atomic E-state index is -0.00453. The molecular weight excluding hydrogens is 270 g/mol. The number of para-hydroxylation sites is 1. The van der Waals surface area contributed by atoms with E-state index in [1.165, 1.54) is 5.56 Å². The second kappa shape index (κ2) is 5.68. The molecule has 0 unspecified atom stereocenters. The van der Waals surface area contributed by atoms with Gasteiger partial charge in [0.05, 0.1) is 12.0 Å². The van der Waals surface area contributed by atoms with E-state index in [0.29, 0.717) is 5.88 Å². The summed E-state index contributed by atoms with van der Waals surface area (Å²) in [6.45, 7) is 0. The molecule has 3 rings (SSSR count). The fourth-order valence-electron chi connectivity index (χ4n) is 2.86. The number of anilines is 1. The van der Waals surface area contributed by atoms with Crippen molar-refractivity contribution in [1.29, 1.82) is 0 Å². The molecule has 1 amide bonds. The molecule has 2 nitrogen and oxygen atoms in total. The highest BCUT2D eigenvalue weighted by atomic mass is 35.5. The van der Waals surface area contributed by atoms with Crippen molar-refractivity contribution in [3.8, 4) is 0 Å². The van der Waals surface area contributed by atoms with E-state index in [0.717, 1.165) is 12.1 Å². The minimum Gasteiger partial charge on any atom is -0.304 e. The van der Waals surface area contributed by atoms with Crippen molar-refractivity contribution in [2.24, 2.45) is 5.92 Å². The van der Waals surface area contributed by atoms with Crippen LogP contribution in [0.5, 0.6) is 0 Å². The molecule has 0 saturated carbocycles. The van der Waals surface area contributed by atoms with E-state index in [1.807, 2.05) is 53.4 Å². The Morgan fingerprint density at radius 3 is 2.15 bits per heavy atom. The average molecular weight is 286 g/mol. The van der Waals surface area contributed by atoms with E-state index in [-0.39, 0.29) is 17.9 Å². The Kier molecular flexibility index (Phi) is 3.75. The lowest BCUT2D eigenvalue weighted by atomic mass is 9.80. The summed E-state index contributed by atoms with van der Waals surface area (Å²) in [5.74, 6) is 0.684. The standard InChI is InChI=1S/C17H16ClNO/c18-12-11-15-16(13-7-3-1-4-8-13)19(17(15)20)14-9-5-2-6-10-14/h1-10,15-16H,11-12H2/t15-,16-/m1/s1. The van der Waals surface area contributed by atoms with Gasteiger partial charge in [0.15, 0.2) is 0 Å². The van der Waals surface area contributed by atoms with E-state index in [2.05, 4.69) is 12.1 Å². The first kappa shape index (κ1) is 13.2. The van der Waals surface area contributed by atoms with Crippen LogP contribution in [0.3, 0.4) is 0 Å². The van der Waals surface area contributed by atoms with Crippen LogP contribution in [0.25, 0.3) is 0 Å². The molecule has 2 atom stereocenters. The Bertz CT molecular complexity index is 584. The summed E-state index contributed by atoms with van der Waals surface area (Å²) in [5, 5.41) is 0. The number of halogens is 1. The first-order valence-electron chi connectivity index (χ1n) is 6.82. The molecule has 0 bridgehead atoms. The number of carbonyl (C=O) groups is 1. The summed E-state index contributed by atoms with van der Waals surface area (Å²) in [5.41, 5.74) is 2.13. The maximum atomic E-state index is 12.4. The molecule has 3 heteroatoms. The number of amides is 1. The van der Waals surface area contributed by atoms with Crippen LogP contribution in [0, 0.1) is 5.92 Å². The molecule has 0 radical (unpaired) electrons. The van der Waals surface area contributed by atoms with Gasteiger partial charge in [-0.25, -0.2) is 0 Å². The number of β-lactam (4-membered cyclic amide) rings is 1. The normalized spacial score (nSPS) is 21.6. The predicted octanol–water partition coefficient (Wildman–Crippen LogP) is 4.02. The molecule has 2 aromatic carbocycles. The average Bonchev–Trinajstić information content (AvgIpc) is 2.51. The minimum absolute atomic E-state index is 0.00453. The van der Waals surface area contributed by atoms with Gasteiger partial charge < -0.3 is 4.90 Å². The monoisotopic (exact) mass is 285 g/mol. The maximum Gasteiger partial charge on any atom is 0.233 e. The Hall–Kier alpha value is -1.80. The maximum absolute atomic E-state index is 12.4. The van der Waals surface area contributed by atoms with Crippen LogP contribution >= 0.6 is 11.6 Å². The topological polar surface area (TPSA) is 20.3 Å². The third-order valence-electron chi connectivity index (χ3n) is 3.81. The summed E-state index contributed by atoms with van der Waals surface area (Å²) in [6, 6.07) is 20.1. The van der Waals surface area contributed by atoms with Crippen LogP contribution < -0.4 is 4.90 Å². The van der Waals surface area contributed by atoms with Crippen molar-refractivity contribution in [2.75, 3.05) is 10.8 Å². The highest BCUT2D eigenvalue weighted by Crippen LogP contribution is 2.44. The van der Waals surface area contributed by atoms with Crippen molar-refractivity contribution in [3.63, 3.8) is 0 Å². The van der Waals surface area contributed by atoms with Gasteiger partial charge in [-0.3, -0.25) is 4.79 Å². The van der Waals surface area contributed by atoms with E-state index < -0.39 is 0 Å².